The van der Waals surface area contributed by atoms with Crippen molar-refractivity contribution in [3.8, 4) is 0 Å². The number of rotatable bonds is 4. The molecule has 0 aliphatic rings. The molecule has 108 valence electrons. The van der Waals surface area contributed by atoms with E-state index >= 15 is 0 Å². The van der Waals surface area contributed by atoms with Gasteiger partial charge in [0.25, 0.3) is 0 Å². The minimum atomic E-state index is -0.208. The van der Waals surface area contributed by atoms with E-state index in [2.05, 4.69) is 10.2 Å². The average Bonchev–Trinajstić information content (AvgIpc) is 2.70. The van der Waals surface area contributed by atoms with Crippen LogP contribution in [0.1, 0.15) is 38.4 Å². The molecule has 0 spiro atoms. The van der Waals surface area contributed by atoms with Gasteiger partial charge in [-0.2, -0.15) is 0 Å². The topological polar surface area (TPSA) is 76.7 Å². The van der Waals surface area contributed by atoms with Gasteiger partial charge in [-0.15, -0.1) is 5.10 Å². The van der Waals surface area contributed by atoms with Crippen molar-refractivity contribution in [3.63, 3.8) is 0 Å². The number of halogens is 1. The molecule has 1 heterocycles. The van der Waals surface area contributed by atoms with E-state index in [-0.39, 0.29) is 17.8 Å². The molecule has 2 rings (SSSR count). The van der Waals surface area contributed by atoms with Gasteiger partial charge in [-0.25, -0.2) is 9.89 Å². The predicted molar refractivity (Wildman–Crippen MR) is 81.4 cm³/mol. The summed E-state index contributed by atoms with van der Waals surface area (Å²) < 4.78 is 1.61. The van der Waals surface area contributed by atoms with Crippen molar-refractivity contribution >= 4 is 23.4 Å². The van der Waals surface area contributed by atoms with Crippen LogP contribution >= 0.6 is 23.4 Å². The Morgan fingerprint density at radius 2 is 2.10 bits per heavy atom. The number of nitrogens with two attached hydrogens (primary N) is 1. The minimum Gasteiger partial charge on any atom is -0.324 e. The van der Waals surface area contributed by atoms with Gasteiger partial charge < -0.3 is 5.73 Å². The number of H-pyrrole nitrogens is 1. The van der Waals surface area contributed by atoms with Crippen LogP contribution in [0.15, 0.2) is 33.0 Å². The van der Waals surface area contributed by atoms with Crippen molar-refractivity contribution in [2.24, 2.45) is 5.73 Å². The number of hydrogen-bond donors (Lipinski definition) is 2. The van der Waals surface area contributed by atoms with Gasteiger partial charge in [-0.1, -0.05) is 17.7 Å². The Kier molecular flexibility index (Phi) is 4.57. The summed E-state index contributed by atoms with van der Waals surface area (Å²) in [6.45, 7) is 5.76. The SMILES string of the molecule is CC(N)c1ccc(Sc2n[nH]c(=O)n2C(C)C)cc1Cl. The summed E-state index contributed by atoms with van der Waals surface area (Å²) in [7, 11) is 0. The molecule has 1 unspecified atom stereocenters. The molecular formula is C13H17ClN4OS. The summed E-state index contributed by atoms with van der Waals surface area (Å²) in [6.07, 6.45) is 0. The second-order valence-corrected chi connectivity index (χ2v) is 6.30. The molecule has 5 nitrogen and oxygen atoms in total. The maximum Gasteiger partial charge on any atom is 0.344 e. The van der Waals surface area contributed by atoms with E-state index in [1.54, 1.807) is 4.57 Å². The van der Waals surface area contributed by atoms with Crippen molar-refractivity contribution in [2.45, 2.75) is 42.9 Å². The largest absolute Gasteiger partial charge is 0.344 e. The third kappa shape index (κ3) is 3.08. The van der Waals surface area contributed by atoms with Crippen LogP contribution in [0.25, 0.3) is 0 Å². The lowest BCUT2D eigenvalue weighted by molar-refractivity contribution is 0.534. The fourth-order valence-corrected chi connectivity index (χ4v) is 3.29. The fraction of sp³-hybridized carbons (Fsp3) is 0.385. The van der Waals surface area contributed by atoms with Crippen molar-refractivity contribution in [1.29, 1.82) is 0 Å². The predicted octanol–water partition coefficient (Wildman–Crippen LogP) is 2.98. The molecule has 0 amide bonds. The first kappa shape index (κ1) is 15.2. The number of aromatic nitrogens is 3. The van der Waals surface area contributed by atoms with Gasteiger partial charge in [-0.3, -0.25) is 4.57 Å². The molecule has 7 heteroatoms. The van der Waals surface area contributed by atoms with Crippen LogP contribution in [0, 0.1) is 0 Å². The molecule has 0 fully saturated rings. The second kappa shape index (κ2) is 6.03. The normalized spacial score (nSPS) is 12.9. The Balaban J connectivity index is 2.32. The van der Waals surface area contributed by atoms with Crippen LogP contribution in [0.4, 0.5) is 0 Å². The van der Waals surface area contributed by atoms with Gasteiger partial charge in [-0.05, 0) is 50.2 Å². The number of nitrogens with zero attached hydrogens (tertiary/aromatic N) is 2. The zero-order valence-corrected chi connectivity index (χ0v) is 13.1. The highest BCUT2D eigenvalue weighted by Gasteiger charge is 2.14. The maximum absolute atomic E-state index is 11.7. The number of nitrogens with one attached hydrogen (secondary N) is 1. The van der Waals surface area contributed by atoms with Gasteiger partial charge in [0.1, 0.15) is 0 Å². The molecule has 1 atom stereocenters. The fourth-order valence-electron chi connectivity index (χ4n) is 1.86. The summed E-state index contributed by atoms with van der Waals surface area (Å²) in [4.78, 5) is 12.6. The molecule has 2 aromatic rings. The van der Waals surface area contributed by atoms with E-state index in [0.29, 0.717) is 10.2 Å². The Bertz CT molecular complexity index is 663. The summed E-state index contributed by atoms with van der Waals surface area (Å²) in [5, 5.41) is 7.75. The monoisotopic (exact) mass is 312 g/mol. The van der Waals surface area contributed by atoms with E-state index in [9.17, 15) is 4.79 Å². The molecule has 0 aliphatic carbocycles. The van der Waals surface area contributed by atoms with E-state index < -0.39 is 0 Å². The average molecular weight is 313 g/mol. The minimum absolute atomic E-state index is 0.0440. The van der Waals surface area contributed by atoms with Crippen LogP contribution in [-0.4, -0.2) is 14.8 Å². The molecule has 1 aromatic carbocycles. The Morgan fingerprint density at radius 3 is 2.65 bits per heavy atom. The third-order valence-corrected chi connectivity index (χ3v) is 4.15. The van der Waals surface area contributed by atoms with Crippen molar-refractivity contribution in [1.82, 2.24) is 14.8 Å². The molecule has 0 saturated carbocycles. The van der Waals surface area contributed by atoms with Gasteiger partial charge >= 0.3 is 5.69 Å². The van der Waals surface area contributed by atoms with Crippen molar-refractivity contribution in [2.75, 3.05) is 0 Å². The molecule has 0 saturated heterocycles. The molecule has 0 radical (unpaired) electrons. The lowest BCUT2D eigenvalue weighted by atomic mass is 10.1. The van der Waals surface area contributed by atoms with Crippen LogP contribution in [0.5, 0.6) is 0 Å². The first-order valence-corrected chi connectivity index (χ1v) is 7.49. The summed E-state index contributed by atoms with van der Waals surface area (Å²) in [5.41, 5.74) is 6.52. The number of hydrogen-bond acceptors (Lipinski definition) is 4. The van der Waals surface area contributed by atoms with Gasteiger partial charge in [0.05, 0.1) is 0 Å². The highest BCUT2D eigenvalue weighted by molar-refractivity contribution is 7.99. The Labute approximate surface area is 126 Å². The van der Waals surface area contributed by atoms with Crippen LogP contribution < -0.4 is 11.4 Å². The molecule has 3 N–H and O–H groups in total. The lowest BCUT2D eigenvalue weighted by Gasteiger charge is -2.11. The quantitative estimate of drug-likeness (QED) is 0.910. The van der Waals surface area contributed by atoms with Crippen LogP contribution in [-0.2, 0) is 0 Å². The first-order valence-electron chi connectivity index (χ1n) is 6.30. The highest BCUT2D eigenvalue weighted by atomic mass is 35.5. The second-order valence-electron chi connectivity index (χ2n) is 4.85. The van der Waals surface area contributed by atoms with Crippen LogP contribution in [0.2, 0.25) is 5.02 Å². The van der Waals surface area contributed by atoms with Gasteiger partial charge in [0.15, 0.2) is 5.16 Å². The standard InChI is InChI=1S/C13H17ClN4OS/c1-7(2)18-12(19)16-17-13(18)20-9-4-5-10(8(3)15)11(14)6-9/h4-8H,15H2,1-3H3,(H,16,19). The van der Waals surface area contributed by atoms with Gasteiger partial charge in [0.2, 0.25) is 0 Å². The molecule has 20 heavy (non-hydrogen) atoms. The van der Waals surface area contributed by atoms with E-state index in [4.69, 9.17) is 17.3 Å². The smallest absolute Gasteiger partial charge is 0.324 e. The zero-order valence-electron chi connectivity index (χ0n) is 11.6. The highest BCUT2D eigenvalue weighted by Crippen LogP contribution is 2.31. The van der Waals surface area contributed by atoms with E-state index in [1.807, 2.05) is 39.0 Å². The lowest BCUT2D eigenvalue weighted by Crippen LogP contribution is -2.19. The third-order valence-electron chi connectivity index (χ3n) is 2.86. The maximum atomic E-state index is 11.7. The number of benzene rings is 1. The molecule has 0 bridgehead atoms. The molecule has 1 aromatic heterocycles. The molecular weight excluding hydrogens is 296 g/mol. The summed E-state index contributed by atoms with van der Waals surface area (Å²) >= 11 is 7.60. The molecule has 0 aliphatic heterocycles. The number of aromatic amines is 1. The van der Waals surface area contributed by atoms with Gasteiger partial charge in [0, 0.05) is 22.0 Å². The first-order chi connectivity index (χ1) is 9.40. The van der Waals surface area contributed by atoms with Crippen molar-refractivity contribution in [3.05, 3.63) is 39.3 Å². The Hall–Kier alpha value is -1.24. The Morgan fingerprint density at radius 1 is 1.40 bits per heavy atom. The van der Waals surface area contributed by atoms with Crippen LogP contribution in [0.3, 0.4) is 0 Å². The van der Waals surface area contributed by atoms with E-state index in [1.165, 1.54) is 11.8 Å². The summed E-state index contributed by atoms with van der Waals surface area (Å²) in [6, 6.07) is 5.61. The summed E-state index contributed by atoms with van der Waals surface area (Å²) in [5.74, 6) is 0. The van der Waals surface area contributed by atoms with E-state index in [0.717, 1.165) is 10.5 Å². The van der Waals surface area contributed by atoms with Crippen molar-refractivity contribution < 1.29 is 0 Å². The zero-order chi connectivity index (χ0) is 14.9.